The second-order valence-corrected chi connectivity index (χ2v) is 6.07. The molecule has 0 atom stereocenters. The fourth-order valence-electron chi connectivity index (χ4n) is 2.89. The Hall–Kier alpha value is -1.68. The highest BCUT2D eigenvalue weighted by Gasteiger charge is 2.11. The Kier molecular flexibility index (Phi) is 2.84. The predicted molar refractivity (Wildman–Crippen MR) is 82.8 cm³/mol. The molecule has 0 unspecified atom stereocenters. The van der Waals surface area contributed by atoms with Gasteiger partial charge in [0.05, 0.1) is 11.9 Å². The second-order valence-electron chi connectivity index (χ2n) is 5.26. The lowest BCUT2D eigenvalue weighted by molar-refractivity contribution is 0.686. The van der Waals surface area contributed by atoms with E-state index >= 15 is 0 Å². The van der Waals surface area contributed by atoms with Crippen LogP contribution in [0.1, 0.15) is 24.0 Å². The fraction of sp³-hybridized carbons (Fsp3) is 0.250. The summed E-state index contributed by atoms with van der Waals surface area (Å²) in [5.74, 6) is 0. The molecule has 4 heteroatoms. The summed E-state index contributed by atoms with van der Waals surface area (Å²) in [5, 5.41) is 4.66. The normalized spacial score (nSPS) is 14.4. The van der Waals surface area contributed by atoms with Gasteiger partial charge in [-0.15, -0.1) is 0 Å². The molecule has 4 rings (SSSR count). The van der Waals surface area contributed by atoms with Crippen molar-refractivity contribution in [2.24, 2.45) is 0 Å². The molecule has 0 N–H and O–H groups in total. The zero-order valence-corrected chi connectivity index (χ0v) is 12.6. The molecule has 3 nitrogen and oxygen atoms in total. The molecule has 0 aliphatic heterocycles. The van der Waals surface area contributed by atoms with E-state index in [1.807, 2.05) is 16.6 Å². The van der Waals surface area contributed by atoms with Crippen LogP contribution in [0.15, 0.2) is 41.1 Å². The highest BCUT2D eigenvalue weighted by atomic mass is 79.9. The molecule has 0 radical (unpaired) electrons. The summed E-state index contributed by atoms with van der Waals surface area (Å²) in [6, 6.07) is 10.8. The zero-order valence-electron chi connectivity index (χ0n) is 11.0. The van der Waals surface area contributed by atoms with E-state index in [0.717, 1.165) is 15.9 Å². The number of nitrogens with zero attached hydrogens (tertiary/aromatic N) is 3. The molecule has 2 aromatic heterocycles. The largest absolute Gasteiger partial charge is 0.234 e. The lowest BCUT2D eigenvalue weighted by Crippen LogP contribution is -2.03. The van der Waals surface area contributed by atoms with Gasteiger partial charge in [-0.1, -0.05) is 12.1 Å². The van der Waals surface area contributed by atoms with Crippen molar-refractivity contribution in [1.29, 1.82) is 0 Å². The van der Waals surface area contributed by atoms with E-state index in [-0.39, 0.29) is 0 Å². The molecule has 0 amide bonds. The molecular formula is C16H14BrN3. The van der Waals surface area contributed by atoms with Crippen molar-refractivity contribution in [3.63, 3.8) is 0 Å². The van der Waals surface area contributed by atoms with Gasteiger partial charge in [-0.25, -0.2) is 9.50 Å². The molecule has 3 aromatic rings. The van der Waals surface area contributed by atoms with Gasteiger partial charge in [-0.3, -0.25) is 0 Å². The van der Waals surface area contributed by atoms with Crippen molar-refractivity contribution in [1.82, 2.24) is 14.6 Å². The van der Waals surface area contributed by atoms with Gasteiger partial charge < -0.3 is 0 Å². The lowest BCUT2D eigenvalue weighted by Gasteiger charge is -2.16. The monoisotopic (exact) mass is 327 g/mol. The SMILES string of the molecule is Brc1cnc2ccc(-c3ccc4c(c3)CCCC4)nn12. The average Bonchev–Trinajstić information content (AvgIpc) is 2.88. The van der Waals surface area contributed by atoms with Gasteiger partial charge >= 0.3 is 0 Å². The quantitative estimate of drug-likeness (QED) is 0.675. The summed E-state index contributed by atoms with van der Waals surface area (Å²) >= 11 is 3.47. The smallest absolute Gasteiger partial charge is 0.154 e. The van der Waals surface area contributed by atoms with Gasteiger partial charge in [0, 0.05) is 5.56 Å². The van der Waals surface area contributed by atoms with Crippen LogP contribution >= 0.6 is 15.9 Å². The molecular weight excluding hydrogens is 314 g/mol. The van der Waals surface area contributed by atoms with Crippen molar-refractivity contribution in [2.45, 2.75) is 25.7 Å². The summed E-state index contributed by atoms with van der Waals surface area (Å²) < 4.78 is 2.71. The first kappa shape index (κ1) is 12.1. The van der Waals surface area contributed by atoms with Crippen molar-refractivity contribution in [3.05, 3.63) is 52.3 Å². The Labute approximate surface area is 125 Å². The number of hydrogen-bond acceptors (Lipinski definition) is 2. The van der Waals surface area contributed by atoms with Crippen molar-refractivity contribution < 1.29 is 0 Å². The Balaban J connectivity index is 1.83. The Morgan fingerprint density at radius 1 is 1.00 bits per heavy atom. The van der Waals surface area contributed by atoms with Crippen molar-refractivity contribution >= 4 is 21.6 Å². The predicted octanol–water partition coefficient (Wildman–Crippen LogP) is 4.04. The van der Waals surface area contributed by atoms with Crippen LogP contribution in [-0.2, 0) is 12.8 Å². The molecule has 0 saturated heterocycles. The number of fused-ring (bicyclic) bond motifs is 2. The van der Waals surface area contributed by atoms with Gasteiger partial charge in [0.2, 0.25) is 0 Å². The molecule has 1 aromatic carbocycles. The molecule has 0 spiro atoms. The summed E-state index contributed by atoms with van der Waals surface area (Å²) in [6.45, 7) is 0. The van der Waals surface area contributed by atoms with E-state index < -0.39 is 0 Å². The molecule has 2 heterocycles. The van der Waals surface area contributed by atoms with Crippen LogP contribution in [0.2, 0.25) is 0 Å². The number of rotatable bonds is 1. The van der Waals surface area contributed by atoms with E-state index in [1.165, 1.54) is 42.4 Å². The van der Waals surface area contributed by atoms with E-state index in [4.69, 9.17) is 0 Å². The molecule has 20 heavy (non-hydrogen) atoms. The van der Waals surface area contributed by atoms with Gasteiger partial charge in [-0.2, -0.15) is 5.10 Å². The van der Waals surface area contributed by atoms with Crippen molar-refractivity contribution in [3.8, 4) is 11.3 Å². The fourth-order valence-corrected chi connectivity index (χ4v) is 3.26. The lowest BCUT2D eigenvalue weighted by atomic mass is 9.90. The molecule has 1 aliphatic rings. The minimum Gasteiger partial charge on any atom is -0.234 e. The van der Waals surface area contributed by atoms with Crippen LogP contribution in [0.3, 0.4) is 0 Å². The van der Waals surface area contributed by atoms with Crippen LogP contribution in [0.4, 0.5) is 0 Å². The first-order valence-corrected chi connectivity index (χ1v) is 7.73. The van der Waals surface area contributed by atoms with E-state index in [0.29, 0.717) is 0 Å². The van der Waals surface area contributed by atoms with Gasteiger partial charge in [-0.05, 0) is 70.9 Å². The van der Waals surface area contributed by atoms with Crippen LogP contribution < -0.4 is 0 Å². The third kappa shape index (κ3) is 1.95. The van der Waals surface area contributed by atoms with Crippen LogP contribution in [-0.4, -0.2) is 14.6 Å². The minimum absolute atomic E-state index is 0.860. The summed E-state index contributed by atoms with van der Waals surface area (Å²) in [6.07, 6.45) is 6.81. The van der Waals surface area contributed by atoms with Gasteiger partial charge in [0.15, 0.2) is 5.65 Å². The van der Waals surface area contributed by atoms with E-state index in [2.05, 4.69) is 44.2 Å². The van der Waals surface area contributed by atoms with Gasteiger partial charge in [0.1, 0.15) is 4.60 Å². The molecule has 100 valence electrons. The summed E-state index contributed by atoms with van der Waals surface area (Å²) in [7, 11) is 0. The summed E-state index contributed by atoms with van der Waals surface area (Å²) in [5.41, 5.74) is 6.03. The molecule has 0 bridgehead atoms. The molecule has 0 saturated carbocycles. The Bertz CT molecular complexity index is 792. The Morgan fingerprint density at radius 2 is 1.85 bits per heavy atom. The molecule has 1 aliphatic carbocycles. The average molecular weight is 328 g/mol. The maximum absolute atomic E-state index is 4.66. The highest BCUT2D eigenvalue weighted by molar-refractivity contribution is 9.10. The minimum atomic E-state index is 0.860. The topological polar surface area (TPSA) is 30.2 Å². The van der Waals surface area contributed by atoms with E-state index in [9.17, 15) is 0 Å². The first-order chi connectivity index (χ1) is 9.81. The van der Waals surface area contributed by atoms with Crippen LogP contribution in [0.5, 0.6) is 0 Å². The number of benzene rings is 1. The third-order valence-corrected chi connectivity index (χ3v) is 4.51. The second kappa shape index (κ2) is 4.70. The maximum Gasteiger partial charge on any atom is 0.154 e. The summed E-state index contributed by atoms with van der Waals surface area (Å²) in [4.78, 5) is 4.28. The number of aromatic nitrogens is 3. The number of aryl methyl sites for hydroxylation is 2. The zero-order chi connectivity index (χ0) is 13.5. The van der Waals surface area contributed by atoms with Crippen LogP contribution in [0.25, 0.3) is 16.9 Å². The molecule has 0 fully saturated rings. The maximum atomic E-state index is 4.66. The first-order valence-electron chi connectivity index (χ1n) is 6.94. The van der Waals surface area contributed by atoms with Crippen LogP contribution in [0, 0.1) is 0 Å². The van der Waals surface area contributed by atoms with E-state index in [1.54, 1.807) is 6.20 Å². The number of hydrogen-bond donors (Lipinski definition) is 0. The number of halogens is 1. The highest BCUT2D eigenvalue weighted by Crippen LogP contribution is 2.27. The third-order valence-electron chi connectivity index (χ3n) is 3.96. The standard InChI is InChI=1S/C16H14BrN3/c17-15-10-18-16-8-7-14(19-20(15)16)13-6-5-11-3-1-2-4-12(11)9-13/h5-10H,1-4H2. The number of imidazole rings is 1. The van der Waals surface area contributed by atoms with Gasteiger partial charge in [0.25, 0.3) is 0 Å². The van der Waals surface area contributed by atoms with Crippen molar-refractivity contribution in [2.75, 3.05) is 0 Å². The Morgan fingerprint density at radius 3 is 2.75 bits per heavy atom.